The van der Waals surface area contributed by atoms with Crippen molar-refractivity contribution in [1.29, 1.82) is 0 Å². The number of aliphatic carboxylic acids is 1. The maximum Gasteiger partial charge on any atom is 0.326 e. The number of β-amino-alcohol motifs (C(OH)–C–C–N with tert-alkyl or cyclic N) is 1. The number of likely N-dealkylation sites (tertiary alicyclic amines) is 1. The molecule has 0 aliphatic carbocycles. The summed E-state index contributed by atoms with van der Waals surface area (Å²) in [6.07, 6.45) is -0.877. The van der Waals surface area contributed by atoms with Gasteiger partial charge in [0.2, 0.25) is 0 Å². The van der Waals surface area contributed by atoms with Crippen molar-refractivity contribution < 1.29 is 19.8 Å². The molecular weight excluding hydrogens is 387 g/mol. The van der Waals surface area contributed by atoms with Crippen LogP contribution in [0.25, 0.3) is 0 Å². The quantitative estimate of drug-likeness (QED) is 0.715. The zero-order valence-electron chi connectivity index (χ0n) is 10.5. The average molecular weight is 398 g/mol. The highest BCUT2D eigenvalue weighted by atomic mass is 79.9. The van der Waals surface area contributed by atoms with E-state index in [-0.39, 0.29) is 28.7 Å². The van der Waals surface area contributed by atoms with E-state index < -0.39 is 24.1 Å². The predicted molar refractivity (Wildman–Crippen MR) is 81.9 cm³/mol. The first-order chi connectivity index (χ1) is 9.79. The molecule has 0 saturated carbocycles. The molecule has 1 unspecified atom stereocenters. The van der Waals surface area contributed by atoms with E-state index in [9.17, 15) is 14.7 Å². The largest absolute Gasteiger partial charge is 0.480 e. The number of nitrogens with zero attached hydrogens (tertiary/aromatic N) is 1. The molecule has 0 radical (unpaired) electrons. The van der Waals surface area contributed by atoms with Crippen molar-refractivity contribution in [2.45, 2.75) is 18.6 Å². The number of rotatable bonds is 2. The van der Waals surface area contributed by atoms with Gasteiger partial charge in [-0.2, -0.15) is 0 Å². The van der Waals surface area contributed by atoms with E-state index in [0.717, 1.165) is 4.90 Å². The van der Waals surface area contributed by atoms with Gasteiger partial charge < -0.3 is 20.4 Å². The van der Waals surface area contributed by atoms with Gasteiger partial charge in [0, 0.05) is 17.4 Å². The molecule has 9 heteroatoms. The molecule has 1 aromatic carbocycles. The molecule has 2 amide bonds. The minimum Gasteiger partial charge on any atom is -0.480 e. The lowest BCUT2D eigenvalue weighted by atomic mass is 10.2. The Morgan fingerprint density at radius 1 is 1.33 bits per heavy atom. The molecule has 1 aromatic rings. The van der Waals surface area contributed by atoms with Gasteiger partial charge in [0.1, 0.15) is 6.04 Å². The van der Waals surface area contributed by atoms with Gasteiger partial charge in [-0.3, -0.25) is 0 Å². The van der Waals surface area contributed by atoms with Crippen LogP contribution in [0.1, 0.15) is 6.42 Å². The zero-order valence-corrected chi connectivity index (χ0v) is 13.6. The fraction of sp³-hybridized carbons (Fsp3) is 0.333. The van der Waals surface area contributed by atoms with Gasteiger partial charge in [-0.05, 0) is 12.1 Å². The Balaban J connectivity index is 2.20. The van der Waals surface area contributed by atoms with Crippen LogP contribution < -0.4 is 5.32 Å². The van der Waals surface area contributed by atoms with E-state index in [1.54, 1.807) is 12.1 Å². The van der Waals surface area contributed by atoms with Gasteiger partial charge in [0.05, 0.1) is 21.8 Å². The van der Waals surface area contributed by atoms with Crippen LogP contribution in [0, 0.1) is 0 Å². The topological polar surface area (TPSA) is 89.9 Å². The van der Waals surface area contributed by atoms with Gasteiger partial charge in [0.15, 0.2) is 0 Å². The van der Waals surface area contributed by atoms with E-state index in [0.29, 0.717) is 4.47 Å². The minimum atomic E-state index is -1.17. The second-order valence-corrected chi connectivity index (χ2v) is 6.30. The maximum absolute atomic E-state index is 12.2. The van der Waals surface area contributed by atoms with Gasteiger partial charge >= 0.3 is 12.0 Å². The van der Waals surface area contributed by atoms with Crippen molar-refractivity contribution in [1.82, 2.24) is 4.90 Å². The number of hydrogen-bond donors (Lipinski definition) is 3. The third kappa shape index (κ3) is 3.60. The molecule has 1 fully saturated rings. The number of carbonyl (C=O) groups excluding carboxylic acids is 1. The number of aliphatic hydroxyl groups excluding tert-OH is 1. The van der Waals surface area contributed by atoms with Gasteiger partial charge in [-0.15, -0.1) is 0 Å². The van der Waals surface area contributed by atoms with Crippen molar-refractivity contribution in [2.75, 3.05) is 11.9 Å². The summed E-state index contributed by atoms with van der Waals surface area (Å²) in [5.74, 6) is -1.17. The number of urea groups is 1. The number of carboxylic acid groups (broad SMARTS) is 1. The number of amides is 2. The highest BCUT2D eigenvalue weighted by Gasteiger charge is 2.39. The first-order valence-electron chi connectivity index (χ1n) is 5.92. The standard InChI is InChI=1S/C12H11BrCl2N2O4/c13-5-1-7(14)10(8(15)2-5)16-12(21)17-4-6(18)3-9(17)11(19)20/h1-2,6,9,18H,3-4H2,(H,16,21)(H,19,20)/t6?,9-/m0/s1. The number of hydrogen-bond acceptors (Lipinski definition) is 3. The predicted octanol–water partition coefficient (Wildman–Crippen LogP) is 2.81. The smallest absolute Gasteiger partial charge is 0.326 e. The molecule has 2 atom stereocenters. The molecule has 6 nitrogen and oxygen atoms in total. The number of carbonyl (C=O) groups is 2. The Kier molecular flexibility index (Phi) is 4.98. The van der Waals surface area contributed by atoms with Crippen LogP contribution in [0.4, 0.5) is 10.5 Å². The second-order valence-electron chi connectivity index (χ2n) is 4.57. The summed E-state index contributed by atoms with van der Waals surface area (Å²) in [6, 6.07) is 1.35. The number of anilines is 1. The first kappa shape index (κ1) is 16.4. The van der Waals surface area contributed by atoms with Gasteiger partial charge in [0.25, 0.3) is 0 Å². The summed E-state index contributed by atoms with van der Waals surface area (Å²) in [6.45, 7) is -0.0609. The highest BCUT2D eigenvalue weighted by Crippen LogP contribution is 2.34. The van der Waals surface area contributed by atoms with Gasteiger partial charge in [-0.1, -0.05) is 39.1 Å². The van der Waals surface area contributed by atoms with Crippen LogP contribution in [0.2, 0.25) is 10.0 Å². The molecule has 1 aliphatic heterocycles. The Morgan fingerprint density at radius 3 is 2.43 bits per heavy atom. The molecule has 114 valence electrons. The highest BCUT2D eigenvalue weighted by molar-refractivity contribution is 9.10. The van der Waals surface area contributed by atoms with E-state index in [1.165, 1.54) is 0 Å². The molecule has 0 aromatic heterocycles. The average Bonchev–Trinajstić information content (AvgIpc) is 2.76. The van der Waals surface area contributed by atoms with Crippen LogP contribution >= 0.6 is 39.1 Å². The van der Waals surface area contributed by atoms with Gasteiger partial charge in [-0.25, -0.2) is 9.59 Å². The van der Waals surface area contributed by atoms with E-state index >= 15 is 0 Å². The fourth-order valence-electron chi connectivity index (χ4n) is 2.11. The number of carboxylic acids is 1. The molecule has 0 spiro atoms. The summed E-state index contributed by atoms with van der Waals surface area (Å²) in [7, 11) is 0. The molecule has 3 N–H and O–H groups in total. The molecule has 1 aliphatic rings. The fourth-order valence-corrected chi connectivity index (χ4v) is 3.42. The number of aliphatic hydroxyl groups is 1. The van der Waals surface area contributed by atoms with Crippen LogP contribution in [-0.4, -0.2) is 45.8 Å². The lowest BCUT2D eigenvalue weighted by molar-refractivity contribution is -0.141. The second kappa shape index (κ2) is 6.39. The lowest BCUT2D eigenvalue weighted by Gasteiger charge is -2.22. The Labute approximate surface area is 138 Å². The maximum atomic E-state index is 12.2. The third-order valence-corrected chi connectivity index (χ3v) is 4.12. The first-order valence-corrected chi connectivity index (χ1v) is 7.47. The summed E-state index contributed by atoms with van der Waals surface area (Å²) >= 11 is 15.2. The van der Waals surface area contributed by atoms with E-state index in [2.05, 4.69) is 21.2 Å². The lowest BCUT2D eigenvalue weighted by Crippen LogP contribution is -2.43. The van der Waals surface area contributed by atoms with E-state index in [1.807, 2.05) is 0 Å². The molecule has 1 saturated heterocycles. The number of nitrogens with one attached hydrogen (secondary N) is 1. The number of halogens is 3. The molecule has 2 rings (SSSR count). The van der Waals surface area contributed by atoms with Crippen LogP contribution in [0.15, 0.2) is 16.6 Å². The molecule has 0 bridgehead atoms. The van der Waals surface area contributed by atoms with Crippen LogP contribution in [-0.2, 0) is 4.79 Å². The number of benzene rings is 1. The van der Waals surface area contributed by atoms with Crippen molar-refractivity contribution in [3.05, 3.63) is 26.7 Å². The monoisotopic (exact) mass is 396 g/mol. The minimum absolute atomic E-state index is 0.00937. The van der Waals surface area contributed by atoms with Crippen LogP contribution in [0.3, 0.4) is 0 Å². The normalized spacial score (nSPS) is 21.4. The van der Waals surface area contributed by atoms with Crippen LogP contribution in [0.5, 0.6) is 0 Å². The SMILES string of the molecule is O=C(O)[C@@H]1CC(O)CN1C(=O)Nc1c(Cl)cc(Br)cc1Cl. The summed E-state index contributed by atoms with van der Waals surface area (Å²) in [5.41, 5.74) is 0.192. The third-order valence-electron chi connectivity index (χ3n) is 3.06. The van der Waals surface area contributed by atoms with Crippen molar-refractivity contribution >= 4 is 56.8 Å². The molecule has 21 heavy (non-hydrogen) atoms. The Bertz CT molecular complexity index is 576. The van der Waals surface area contributed by atoms with E-state index in [4.69, 9.17) is 28.3 Å². The summed E-state index contributed by atoms with van der Waals surface area (Å²) in [5, 5.41) is 21.5. The molecule has 1 heterocycles. The Hall–Kier alpha value is -1.02. The summed E-state index contributed by atoms with van der Waals surface area (Å²) in [4.78, 5) is 24.3. The zero-order chi connectivity index (χ0) is 15.7. The van der Waals surface area contributed by atoms with Crippen molar-refractivity contribution in [2.24, 2.45) is 0 Å². The van der Waals surface area contributed by atoms with Crippen molar-refractivity contribution in [3.8, 4) is 0 Å². The Morgan fingerprint density at radius 2 is 1.90 bits per heavy atom. The van der Waals surface area contributed by atoms with Crippen molar-refractivity contribution in [3.63, 3.8) is 0 Å². The summed E-state index contributed by atoms with van der Waals surface area (Å²) < 4.78 is 0.649. The molecular formula is C12H11BrCl2N2O4.